The van der Waals surface area contributed by atoms with Gasteiger partial charge in [0.25, 0.3) is 0 Å². The highest BCUT2D eigenvalue weighted by Crippen LogP contribution is 2.22. The third-order valence-electron chi connectivity index (χ3n) is 4.52. The van der Waals surface area contributed by atoms with Crippen molar-refractivity contribution in [3.8, 4) is 11.3 Å². The number of esters is 1. The highest BCUT2D eigenvalue weighted by Gasteiger charge is 2.29. The smallest absolute Gasteiger partial charge is 0.310 e. The van der Waals surface area contributed by atoms with E-state index in [9.17, 15) is 14.0 Å². The summed E-state index contributed by atoms with van der Waals surface area (Å²) in [6.07, 6.45) is 1.55. The maximum atomic E-state index is 13.0. The number of amides is 1. The molecule has 6 nitrogen and oxygen atoms in total. The first-order valence-corrected chi connectivity index (χ1v) is 10.2. The van der Waals surface area contributed by atoms with E-state index in [4.69, 9.17) is 4.74 Å². The number of hydrogen-bond donors (Lipinski definition) is 0. The van der Waals surface area contributed by atoms with Crippen molar-refractivity contribution in [1.29, 1.82) is 0 Å². The zero-order chi connectivity index (χ0) is 19.9. The highest BCUT2D eigenvalue weighted by molar-refractivity contribution is 7.99. The topological polar surface area (TPSA) is 72.4 Å². The van der Waals surface area contributed by atoms with Crippen LogP contribution in [0, 0.1) is 11.7 Å². The summed E-state index contributed by atoms with van der Waals surface area (Å²) in [6.45, 7) is 3.20. The van der Waals surface area contributed by atoms with E-state index in [1.807, 2.05) is 0 Å². The van der Waals surface area contributed by atoms with Crippen molar-refractivity contribution < 1.29 is 18.7 Å². The number of piperidine rings is 1. The Labute approximate surface area is 167 Å². The van der Waals surface area contributed by atoms with Crippen molar-refractivity contribution in [3.05, 3.63) is 42.2 Å². The Morgan fingerprint density at radius 1 is 1.21 bits per heavy atom. The molecule has 0 unspecified atom stereocenters. The Balaban J connectivity index is 1.52. The van der Waals surface area contributed by atoms with Crippen molar-refractivity contribution in [1.82, 2.24) is 15.1 Å². The van der Waals surface area contributed by atoms with Gasteiger partial charge in [-0.05, 0) is 56.2 Å². The number of likely N-dealkylation sites (tertiary alicyclic amines) is 1. The molecule has 2 heterocycles. The molecule has 1 fully saturated rings. The monoisotopic (exact) mass is 403 g/mol. The molecule has 1 aromatic carbocycles. The van der Waals surface area contributed by atoms with Crippen molar-refractivity contribution in [2.24, 2.45) is 5.92 Å². The van der Waals surface area contributed by atoms with E-state index in [1.165, 1.54) is 23.9 Å². The molecule has 1 atom stereocenters. The molecule has 0 spiro atoms. The van der Waals surface area contributed by atoms with Crippen LogP contribution in [0.15, 0.2) is 41.4 Å². The fourth-order valence-corrected chi connectivity index (χ4v) is 3.77. The lowest BCUT2D eigenvalue weighted by Gasteiger charge is -2.31. The van der Waals surface area contributed by atoms with Crippen molar-refractivity contribution in [2.45, 2.75) is 24.8 Å². The van der Waals surface area contributed by atoms with Gasteiger partial charge in [0.15, 0.2) is 0 Å². The predicted octanol–water partition coefficient (Wildman–Crippen LogP) is 3.18. The summed E-state index contributed by atoms with van der Waals surface area (Å²) in [5, 5.41) is 8.92. The molecule has 0 radical (unpaired) electrons. The average Bonchev–Trinajstić information content (AvgIpc) is 2.73. The first-order chi connectivity index (χ1) is 13.6. The Kier molecular flexibility index (Phi) is 6.97. The van der Waals surface area contributed by atoms with Gasteiger partial charge in [-0.3, -0.25) is 9.59 Å². The van der Waals surface area contributed by atoms with Crippen LogP contribution in [-0.2, 0) is 14.3 Å². The van der Waals surface area contributed by atoms with Crippen LogP contribution in [0.3, 0.4) is 0 Å². The van der Waals surface area contributed by atoms with Crippen LogP contribution in [0.2, 0.25) is 0 Å². The average molecular weight is 403 g/mol. The maximum Gasteiger partial charge on any atom is 0.310 e. The molecule has 2 aromatic rings. The molecule has 0 N–H and O–H groups in total. The van der Waals surface area contributed by atoms with Gasteiger partial charge in [0.1, 0.15) is 10.8 Å². The van der Waals surface area contributed by atoms with E-state index in [2.05, 4.69) is 10.2 Å². The van der Waals surface area contributed by atoms with E-state index < -0.39 is 0 Å². The summed E-state index contributed by atoms with van der Waals surface area (Å²) in [6, 6.07) is 9.63. The fraction of sp³-hybridized carbons (Fsp3) is 0.400. The Morgan fingerprint density at radius 2 is 2.00 bits per heavy atom. The number of hydrogen-bond acceptors (Lipinski definition) is 6. The maximum absolute atomic E-state index is 13.0. The molecule has 1 aliphatic rings. The molecule has 1 aromatic heterocycles. The molecule has 148 valence electrons. The first kappa shape index (κ1) is 20.3. The Morgan fingerprint density at radius 3 is 2.68 bits per heavy atom. The van der Waals surface area contributed by atoms with Crippen molar-refractivity contribution in [2.75, 3.05) is 25.4 Å². The second kappa shape index (κ2) is 9.64. The number of thioether (sulfide) groups is 1. The van der Waals surface area contributed by atoms with Crippen LogP contribution < -0.4 is 0 Å². The van der Waals surface area contributed by atoms with Crippen LogP contribution in [0.25, 0.3) is 11.3 Å². The molecule has 0 saturated carbocycles. The van der Waals surface area contributed by atoms with Crippen LogP contribution in [-0.4, -0.2) is 52.4 Å². The minimum absolute atomic E-state index is 0.0246. The summed E-state index contributed by atoms with van der Waals surface area (Å²) in [5.74, 6) is -0.554. The second-order valence-electron chi connectivity index (χ2n) is 6.48. The van der Waals surface area contributed by atoms with E-state index in [0.29, 0.717) is 30.4 Å². The molecule has 3 rings (SSSR count). The third kappa shape index (κ3) is 5.28. The van der Waals surface area contributed by atoms with Gasteiger partial charge in [-0.2, -0.15) is 0 Å². The summed E-state index contributed by atoms with van der Waals surface area (Å²) in [4.78, 5) is 26.1. The van der Waals surface area contributed by atoms with E-state index in [0.717, 1.165) is 18.4 Å². The number of carbonyl (C=O) groups is 2. The summed E-state index contributed by atoms with van der Waals surface area (Å²) in [7, 11) is 0. The number of benzene rings is 1. The molecule has 28 heavy (non-hydrogen) atoms. The van der Waals surface area contributed by atoms with Gasteiger partial charge in [-0.15, -0.1) is 10.2 Å². The minimum atomic E-state index is -0.301. The zero-order valence-electron chi connectivity index (χ0n) is 15.6. The van der Waals surface area contributed by atoms with Gasteiger partial charge < -0.3 is 9.64 Å². The summed E-state index contributed by atoms with van der Waals surface area (Å²) in [5.41, 5.74) is 1.42. The standard InChI is InChI=1S/C20H22FN3O3S/c1-2-27-20(26)15-4-3-11-24(12-15)19(25)13-28-18-10-9-17(22-23-18)14-5-7-16(21)8-6-14/h5-10,15H,2-4,11-13H2,1H3/t15-/m0/s1. The number of ether oxygens (including phenoxy) is 1. The van der Waals surface area contributed by atoms with Crippen LogP contribution in [0.5, 0.6) is 0 Å². The van der Waals surface area contributed by atoms with Crippen LogP contribution in [0.1, 0.15) is 19.8 Å². The van der Waals surface area contributed by atoms with E-state index in [1.54, 1.807) is 36.1 Å². The molecule has 1 amide bonds. The molecular formula is C20H22FN3O3S. The number of nitrogens with zero attached hydrogens (tertiary/aromatic N) is 3. The van der Waals surface area contributed by atoms with Gasteiger partial charge in [-0.25, -0.2) is 4.39 Å². The highest BCUT2D eigenvalue weighted by atomic mass is 32.2. The van der Waals surface area contributed by atoms with Gasteiger partial charge in [0.05, 0.1) is 24.0 Å². The van der Waals surface area contributed by atoms with Crippen molar-refractivity contribution in [3.63, 3.8) is 0 Å². The SMILES string of the molecule is CCOC(=O)[C@H]1CCCN(C(=O)CSc2ccc(-c3ccc(F)cc3)nn2)C1. The lowest BCUT2D eigenvalue weighted by atomic mass is 9.98. The lowest BCUT2D eigenvalue weighted by Crippen LogP contribution is -2.43. The van der Waals surface area contributed by atoms with Crippen LogP contribution >= 0.6 is 11.8 Å². The normalized spacial score (nSPS) is 16.6. The summed E-state index contributed by atoms with van der Waals surface area (Å²) >= 11 is 1.31. The number of rotatable bonds is 6. The quantitative estimate of drug-likeness (QED) is 0.545. The Bertz CT molecular complexity index is 814. The van der Waals surface area contributed by atoms with Gasteiger partial charge in [-0.1, -0.05) is 11.8 Å². The Hall–Kier alpha value is -2.48. The lowest BCUT2D eigenvalue weighted by molar-refractivity contribution is -0.151. The van der Waals surface area contributed by atoms with E-state index in [-0.39, 0.29) is 29.4 Å². The van der Waals surface area contributed by atoms with E-state index >= 15 is 0 Å². The second-order valence-corrected chi connectivity index (χ2v) is 7.48. The third-order valence-corrected chi connectivity index (χ3v) is 5.42. The van der Waals surface area contributed by atoms with Gasteiger partial charge in [0, 0.05) is 18.7 Å². The number of halogens is 1. The minimum Gasteiger partial charge on any atom is -0.466 e. The molecule has 0 bridgehead atoms. The number of carbonyl (C=O) groups excluding carboxylic acids is 2. The molecular weight excluding hydrogens is 381 g/mol. The first-order valence-electron chi connectivity index (χ1n) is 9.23. The predicted molar refractivity (Wildman–Crippen MR) is 104 cm³/mol. The summed E-state index contributed by atoms with van der Waals surface area (Å²) < 4.78 is 18.1. The molecule has 1 aliphatic heterocycles. The zero-order valence-corrected chi connectivity index (χ0v) is 16.5. The largest absolute Gasteiger partial charge is 0.466 e. The molecule has 1 saturated heterocycles. The van der Waals surface area contributed by atoms with Crippen LogP contribution in [0.4, 0.5) is 4.39 Å². The van der Waals surface area contributed by atoms with Gasteiger partial charge >= 0.3 is 5.97 Å². The fourth-order valence-electron chi connectivity index (χ4n) is 3.05. The van der Waals surface area contributed by atoms with Gasteiger partial charge in [0.2, 0.25) is 5.91 Å². The van der Waals surface area contributed by atoms with Crippen molar-refractivity contribution >= 4 is 23.6 Å². The molecule has 0 aliphatic carbocycles. The number of aromatic nitrogens is 2. The molecule has 8 heteroatoms.